The predicted molar refractivity (Wildman–Crippen MR) is 141 cm³/mol. The lowest BCUT2D eigenvalue weighted by Gasteiger charge is -2.18. The standard InChI is InChI=1S/C30H26ClN3O/c31-25-10-6-9-24(17-25)27(18-30(35)33-19-22-13-15-32-16-14-22)28-21-34(20-23-7-2-1-3-8-23)29-12-5-4-11-26(28)29/h1-17,21,27H,18-20H2,(H,33,35)/t27-/m0/s1. The normalized spacial score (nSPS) is 11.9. The number of hydrogen-bond donors (Lipinski definition) is 1. The molecule has 2 aromatic heterocycles. The molecule has 0 unspecified atom stereocenters. The minimum atomic E-state index is -0.131. The van der Waals surface area contributed by atoms with E-state index in [0.29, 0.717) is 18.0 Å². The summed E-state index contributed by atoms with van der Waals surface area (Å²) in [5, 5.41) is 4.88. The van der Waals surface area contributed by atoms with E-state index in [1.165, 1.54) is 5.56 Å². The lowest BCUT2D eigenvalue weighted by Crippen LogP contribution is -2.25. The van der Waals surface area contributed by atoms with Crippen LogP contribution in [0.15, 0.2) is 110 Å². The van der Waals surface area contributed by atoms with Gasteiger partial charge in [0.1, 0.15) is 0 Å². The third-order valence-electron chi connectivity index (χ3n) is 6.27. The van der Waals surface area contributed by atoms with Gasteiger partial charge in [-0.3, -0.25) is 9.78 Å². The number of rotatable bonds is 8. The molecule has 5 rings (SSSR count). The van der Waals surface area contributed by atoms with E-state index in [1.807, 2.05) is 36.4 Å². The van der Waals surface area contributed by atoms with Crippen LogP contribution in [0.5, 0.6) is 0 Å². The van der Waals surface area contributed by atoms with E-state index in [2.05, 4.69) is 75.7 Å². The van der Waals surface area contributed by atoms with E-state index >= 15 is 0 Å². The molecule has 4 nitrogen and oxygen atoms in total. The number of halogens is 1. The summed E-state index contributed by atoms with van der Waals surface area (Å²) < 4.78 is 2.27. The topological polar surface area (TPSA) is 46.9 Å². The van der Waals surface area contributed by atoms with Gasteiger partial charge in [-0.1, -0.05) is 72.3 Å². The second-order valence-corrected chi connectivity index (χ2v) is 9.10. The average Bonchev–Trinajstić information content (AvgIpc) is 3.25. The van der Waals surface area contributed by atoms with Crippen molar-refractivity contribution in [3.8, 4) is 0 Å². The lowest BCUT2D eigenvalue weighted by atomic mass is 9.88. The van der Waals surface area contributed by atoms with Crippen molar-refractivity contribution < 1.29 is 4.79 Å². The molecule has 0 radical (unpaired) electrons. The van der Waals surface area contributed by atoms with Gasteiger partial charge in [0.2, 0.25) is 5.91 Å². The van der Waals surface area contributed by atoms with Gasteiger partial charge in [-0.05, 0) is 52.6 Å². The fourth-order valence-corrected chi connectivity index (χ4v) is 4.75. The van der Waals surface area contributed by atoms with Crippen LogP contribution in [0.3, 0.4) is 0 Å². The summed E-state index contributed by atoms with van der Waals surface area (Å²) in [5.41, 5.74) is 5.55. The molecule has 35 heavy (non-hydrogen) atoms. The maximum atomic E-state index is 13.1. The van der Waals surface area contributed by atoms with E-state index in [1.54, 1.807) is 12.4 Å². The first-order valence-electron chi connectivity index (χ1n) is 11.7. The zero-order chi connectivity index (χ0) is 24.0. The van der Waals surface area contributed by atoms with Crippen molar-refractivity contribution in [2.24, 2.45) is 0 Å². The van der Waals surface area contributed by atoms with Crippen LogP contribution in [0.4, 0.5) is 0 Å². The number of fused-ring (bicyclic) bond motifs is 1. The van der Waals surface area contributed by atoms with Crippen LogP contribution in [0.25, 0.3) is 10.9 Å². The number of nitrogens with zero attached hydrogens (tertiary/aromatic N) is 2. The van der Waals surface area contributed by atoms with Crippen molar-refractivity contribution in [1.82, 2.24) is 14.9 Å². The Morgan fingerprint density at radius 2 is 1.66 bits per heavy atom. The van der Waals surface area contributed by atoms with Crippen LogP contribution < -0.4 is 5.32 Å². The summed E-state index contributed by atoms with van der Waals surface area (Å²) >= 11 is 6.37. The number of hydrogen-bond acceptors (Lipinski definition) is 2. The second-order valence-electron chi connectivity index (χ2n) is 8.66. The first-order valence-corrected chi connectivity index (χ1v) is 12.1. The first kappa shape index (κ1) is 22.9. The molecule has 0 saturated heterocycles. The fourth-order valence-electron chi connectivity index (χ4n) is 4.55. The van der Waals surface area contributed by atoms with Crippen LogP contribution in [0.1, 0.15) is 34.6 Å². The number of nitrogens with one attached hydrogen (secondary N) is 1. The molecule has 3 aromatic carbocycles. The molecule has 5 heteroatoms. The highest BCUT2D eigenvalue weighted by Gasteiger charge is 2.23. The molecular formula is C30H26ClN3O. The molecule has 174 valence electrons. The molecule has 0 aliphatic heterocycles. The Morgan fingerprint density at radius 3 is 2.46 bits per heavy atom. The summed E-state index contributed by atoms with van der Waals surface area (Å²) in [7, 11) is 0. The largest absolute Gasteiger partial charge is 0.352 e. The van der Waals surface area contributed by atoms with E-state index in [-0.39, 0.29) is 11.8 Å². The molecule has 1 atom stereocenters. The van der Waals surface area contributed by atoms with Crippen LogP contribution in [0, 0.1) is 0 Å². The van der Waals surface area contributed by atoms with E-state index in [0.717, 1.165) is 34.1 Å². The number of para-hydroxylation sites is 1. The van der Waals surface area contributed by atoms with E-state index in [4.69, 9.17) is 11.6 Å². The van der Waals surface area contributed by atoms with E-state index < -0.39 is 0 Å². The van der Waals surface area contributed by atoms with Gasteiger partial charge in [-0.25, -0.2) is 0 Å². The molecule has 0 aliphatic rings. The van der Waals surface area contributed by atoms with Crippen LogP contribution in [-0.2, 0) is 17.9 Å². The van der Waals surface area contributed by atoms with Crippen molar-refractivity contribution in [3.05, 3.63) is 137 Å². The summed E-state index contributed by atoms with van der Waals surface area (Å²) in [5.74, 6) is -0.139. The SMILES string of the molecule is O=C(C[C@@H](c1cccc(Cl)c1)c1cn(Cc2ccccc2)c2ccccc12)NCc1ccncc1. The van der Waals surface area contributed by atoms with Crippen LogP contribution >= 0.6 is 11.6 Å². The first-order chi connectivity index (χ1) is 17.2. The maximum absolute atomic E-state index is 13.1. The monoisotopic (exact) mass is 479 g/mol. The summed E-state index contributed by atoms with van der Waals surface area (Å²) in [4.78, 5) is 17.2. The van der Waals surface area contributed by atoms with Gasteiger partial charge in [-0.15, -0.1) is 0 Å². The molecule has 2 heterocycles. The van der Waals surface area contributed by atoms with Gasteiger partial charge >= 0.3 is 0 Å². The molecule has 0 aliphatic carbocycles. The maximum Gasteiger partial charge on any atom is 0.221 e. The van der Waals surface area contributed by atoms with Gasteiger partial charge in [0, 0.05) is 59.9 Å². The smallest absolute Gasteiger partial charge is 0.221 e. The Labute approximate surface area is 210 Å². The predicted octanol–water partition coefficient (Wildman–Crippen LogP) is 6.58. The van der Waals surface area contributed by atoms with Crippen LogP contribution in [0.2, 0.25) is 5.02 Å². The summed E-state index contributed by atoms with van der Waals surface area (Å²) in [6, 6.07) is 30.5. The van der Waals surface area contributed by atoms with E-state index in [9.17, 15) is 4.79 Å². The molecular weight excluding hydrogens is 454 g/mol. The Morgan fingerprint density at radius 1 is 0.886 bits per heavy atom. The molecule has 0 fully saturated rings. The molecule has 0 saturated carbocycles. The Kier molecular flexibility index (Phi) is 6.92. The molecule has 0 bridgehead atoms. The minimum absolute atomic E-state index is 0.00771. The van der Waals surface area contributed by atoms with Gasteiger partial charge < -0.3 is 9.88 Å². The molecule has 1 amide bonds. The Balaban J connectivity index is 1.50. The zero-order valence-electron chi connectivity index (χ0n) is 19.3. The van der Waals surface area contributed by atoms with Gasteiger partial charge in [0.05, 0.1) is 0 Å². The van der Waals surface area contributed by atoms with Crippen molar-refractivity contribution in [2.45, 2.75) is 25.4 Å². The minimum Gasteiger partial charge on any atom is -0.352 e. The summed E-state index contributed by atoms with van der Waals surface area (Å²) in [6.07, 6.45) is 5.99. The Bertz CT molecular complexity index is 1430. The molecule has 0 spiro atoms. The third-order valence-corrected chi connectivity index (χ3v) is 6.51. The zero-order valence-corrected chi connectivity index (χ0v) is 20.0. The number of pyridine rings is 1. The van der Waals surface area contributed by atoms with Gasteiger partial charge in [0.25, 0.3) is 0 Å². The number of benzene rings is 3. The van der Waals surface area contributed by atoms with Crippen molar-refractivity contribution >= 4 is 28.4 Å². The van der Waals surface area contributed by atoms with Crippen molar-refractivity contribution in [1.29, 1.82) is 0 Å². The highest BCUT2D eigenvalue weighted by atomic mass is 35.5. The van der Waals surface area contributed by atoms with Crippen molar-refractivity contribution in [2.75, 3.05) is 0 Å². The van der Waals surface area contributed by atoms with Crippen LogP contribution in [-0.4, -0.2) is 15.5 Å². The van der Waals surface area contributed by atoms with Gasteiger partial charge in [0.15, 0.2) is 0 Å². The number of carbonyl (C=O) groups is 1. The molecule has 1 N–H and O–H groups in total. The quantitative estimate of drug-likeness (QED) is 0.273. The fraction of sp³-hybridized carbons (Fsp3) is 0.133. The summed E-state index contributed by atoms with van der Waals surface area (Å²) in [6.45, 7) is 1.23. The number of amides is 1. The van der Waals surface area contributed by atoms with Gasteiger partial charge in [-0.2, -0.15) is 0 Å². The van der Waals surface area contributed by atoms with Crippen molar-refractivity contribution in [3.63, 3.8) is 0 Å². The highest BCUT2D eigenvalue weighted by molar-refractivity contribution is 6.30. The number of carbonyl (C=O) groups excluding carboxylic acids is 1. The third kappa shape index (κ3) is 5.44. The highest BCUT2D eigenvalue weighted by Crippen LogP contribution is 2.36. The Hall–Kier alpha value is -3.89. The average molecular weight is 480 g/mol. The second kappa shape index (κ2) is 10.6. The molecule has 5 aromatic rings. The number of aromatic nitrogens is 2. The lowest BCUT2D eigenvalue weighted by molar-refractivity contribution is -0.121.